The molecule has 0 fully saturated rings. The number of hydrogen-bond acceptors (Lipinski definition) is 5. The first-order valence-electron chi connectivity index (χ1n) is 5.39. The van der Waals surface area contributed by atoms with Gasteiger partial charge in [-0.05, 0) is 28.8 Å². The Kier molecular flexibility index (Phi) is 5.09. The summed E-state index contributed by atoms with van der Waals surface area (Å²) >= 11 is 1.51. The third-order valence-electron chi connectivity index (χ3n) is 2.73. The van der Waals surface area contributed by atoms with E-state index in [2.05, 4.69) is 6.58 Å². The lowest BCUT2D eigenvalue weighted by Gasteiger charge is -2.26. The first-order chi connectivity index (χ1) is 8.60. The molecule has 5 heteroatoms. The Bertz CT molecular complexity index is 406. The molecular formula is C13H16O4S. The molecule has 1 aromatic heterocycles. The molecule has 0 unspecified atom stereocenters. The summed E-state index contributed by atoms with van der Waals surface area (Å²) in [6.07, 6.45) is 1.96. The smallest absolute Gasteiger partial charge is 0.323 e. The normalized spacial score (nSPS) is 10.8. The monoisotopic (exact) mass is 268 g/mol. The van der Waals surface area contributed by atoms with Crippen LogP contribution in [0.1, 0.15) is 12.0 Å². The fraction of sp³-hybridized carbons (Fsp3) is 0.385. The van der Waals surface area contributed by atoms with Gasteiger partial charge in [0, 0.05) is 6.42 Å². The molecule has 0 N–H and O–H groups in total. The fourth-order valence-electron chi connectivity index (χ4n) is 1.85. The van der Waals surface area contributed by atoms with Crippen molar-refractivity contribution in [2.45, 2.75) is 12.8 Å². The number of carbonyl (C=O) groups is 2. The fourth-order valence-corrected chi connectivity index (χ4v) is 2.51. The number of esters is 2. The van der Waals surface area contributed by atoms with E-state index in [0.29, 0.717) is 0 Å². The minimum absolute atomic E-state index is 0.183. The Morgan fingerprint density at radius 1 is 1.39 bits per heavy atom. The average molecular weight is 268 g/mol. The zero-order valence-electron chi connectivity index (χ0n) is 10.5. The molecule has 0 spiro atoms. The van der Waals surface area contributed by atoms with E-state index in [1.165, 1.54) is 31.6 Å². The van der Waals surface area contributed by atoms with E-state index in [1.54, 1.807) is 0 Å². The molecule has 0 aromatic carbocycles. The number of methoxy groups -OCH3 is 2. The summed E-state index contributed by atoms with van der Waals surface area (Å²) in [4.78, 5) is 24.0. The molecule has 0 aliphatic heterocycles. The third-order valence-corrected chi connectivity index (χ3v) is 3.46. The van der Waals surface area contributed by atoms with Gasteiger partial charge in [0.2, 0.25) is 0 Å². The van der Waals surface area contributed by atoms with Crippen LogP contribution in [0.2, 0.25) is 0 Å². The molecule has 1 aromatic rings. The summed E-state index contributed by atoms with van der Waals surface area (Å²) < 4.78 is 9.51. The zero-order chi connectivity index (χ0) is 13.6. The Balaban J connectivity index is 3.14. The highest BCUT2D eigenvalue weighted by molar-refractivity contribution is 7.07. The highest BCUT2D eigenvalue weighted by Gasteiger charge is 2.47. The number of allylic oxidation sites excluding steroid dienone is 1. The Labute approximate surface area is 110 Å². The predicted molar refractivity (Wildman–Crippen MR) is 69.3 cm³/mol. The molecule has 0 radical (unpaired) electrons. The zero-order valence-corrected chi connectivity index (χ0v) is 11.3. The maximum absolute atomic E-state index is 12.0. The summed E-state index contributed by atoms with van der Waals surface area (Å²) in [7, 11) is 2.52. The summed E-state index contributed by atoms with van der Waals surface area (Å²) in [5.74, 6) is -1.19. The van der Waals surface area contributed by atoms with Gasteiger partial charge in [0.1, 0.15) is 0 Å². The molecule has 0 amide bonds. The minimum Gasteiger partial charge on any atom is -0.468 e. The third kappa shape index (κ3) is 2.79. The standard InChI is InChI=1S/C13H16O4S/c1-4-6-13(11(14)16-2,12(15)17-3)8-10-5-7-18-9-10/h4-5,7,9H,1,6,8H2,2-3H3. The SMILES string of the molecule is C=CCC(Cc1ccsc1)(C(=O)OC)C(=O)OC. The van der Waals surface area contributed by atoms with Crippen LogP contribution >= 0.6 is 11.3 Å². The number of ether oxygens (including phenoxy) is 2. The first-order valence-corrected chi connectivity index (χ1v) is 6.34. The lowest BCUT2D eigenvalue weighted by molar-refractivity contribution is -0.168. The Morgan fingerprint density at radius 3 is 2.39 bits per heavy atom. The summed E-state index contributed by atoms with van der Waals surface area (Å²) in [5, 5.41) is 3.78. The van der Waals surface area contributed by atoms with Gasteiger partial charge in [-0.2, -0.15) is 11.3 Å². The molecular weight excluding hydrogens is 252 g/mol. The largest absolute Gasteiger partial charge is 0.468 e. The van der Waals surface area contributed by atoms with Crippen LogP contribution in [0, 0.1) is 5.41 Å². The quantitative estimate of drug-likeness (QED) is 0.451. The van der Waals surface area contributed by atoms with Crippen molar-refractivity contribution >= 4 is 23.3 Å². The molecule has 18 heavy (non-hydrogen) atoms. The van der Waals surface area contributed by atoms with Crippen molar-refractivity contribution in [3.05, 3.63) is 35.0 Å². The second kappa shape index (κ2) is 6.35. The molecule has 1 rings (SSSR count). The highest BCUT2D eigenvalue weighted by Crippen LogP contribution is 2.32. The van der Waals surface area contributed by atoms with Crippen LogP contribution in [-0.2, 0) is 25.5 Å². The maximum Gasteiger partial charge on any atom is 0.323 e. The van der Waals surface area contributed by atoms with Crippen molar-refractivity contribution in [3.8, 4) is 0 Å². The maximum atomic E-state index is 12.0. The number of hydrogen-bond donors (Lipinski definition) is 0. The molecule has 0 aliphatic rings. The molecule has 4 nitrogen and oxygen atoms in total. The van der Waals surface area contributed by atoms with E-state index < -0.39 is 17.4 Å². The second-order valence-corrected chi connectivity index (χ2v) is 4.65. The van der Waals surface area contributed by atoms with Gasteiger partial charge in [-0.3, -0.25) is 9.59 Å². The van der Waals surface area contributed by atoms with Crippen LogP contribution in [0.3, 0.4) is 0 Å². The van der Waals surface area contributed by atoms with Crippen molar-refractivity contribution in [2.75, 3.05) is 14.2 Å². The average Bonchev–Trinajstić information content (AvgIpc) is 2.88. The van der Waals surface area contributed by atoms with Crippen molar-refractivity contribution in [3.63, 3.8) is 0 Å². The highest BCUT2D eigenvalue weighted by atomic mass is 32.1. The van der Waals surface area contributed by atoms with E-state index >= 15 is 0 Å². The van der Waals surface area contributed by atoms with E-state index in [4.69, 9.17) is 9.47 Å². The van der Waals surface area contributed by atoms with Gasteiger partial charge < -0.3 is 9.47 Å². The predicted octanol–water partition coefficient (Wildman–Crippen LogP) is 2.20. The molecule has 0 aliphatic carbocycles. The van der Waals surface area contributed by atoms with Gasteiger partial charge in [-0.25, -0.2) is 0 Å². The molecule has 0 bridgehead atoms. The molecule has 0 atom stereocenters. The minimum atomic E-state index is -1.34. The van der Waals surface area contributed by atoms with Crippen molar-refractivity contribution < 1.29 is 19.1 Å². The van der Waals surface area contributed by atoms with Crippen molar-refractivity contribution in [1.29, 1.82) is 0 Å². The van der Waals surface area contributed by atoms with Crippen LogP contribution in [-0.4, -0.2) is 26.2 Å². The summed E-state index contributed by atoms with van der Waals surface area (Å²) in [6, 6.07) is 1.87. The van der Waals surface area contributed by atoms with Crippen LogP contribution < -0.4 is 0 Å². The topological polar surface area (TPSA) is 52.6 Å². The lowest BCUT2D eigenvalue weighted by atomic mass is 9.79. The Hall–Kier alpha value is -1.62. The lowest BCUT2D eigenvalue weighted by Crippen LogP contribution is -2.42. The molecule has 98 valence electrons. The summed E-state index contributed by atoms with van der Waals surface area (Å²) in [6.45, 7) is 3.60. The molecule has 1 heterocycles. The van der Waals surface area contributed by atoms with E-state index in [1.807, 2.05) is 16.8 Å². The van der Waals surface area contributed by atoms with Crippen LogP contribution in [0.15, 0.2) is 29.5 Å². The number of thiophene rings is 1. The number of rotatable bonds is 6. The first kappa shape index (κ1) is 14.4. The van der Waals surface area contributed by atoms with Gasteiger partial charge in [0.15, 0.2) is 5.41 Å². The van der Waals surface area contributed by atoms with Gasteiger partial charge in [0.25, 0.3) is 0 Å². The van der Waals surface area contributed by atoms with Crippen LogP contribution in [0.4, 0.5) is 0 Å². The van der Waals surface area contributed by atoms with E-state index in [0.717, 1.165) is 5.56 Å². The van der Waals surface area contributed by atoms with E-state index in [9.17, 15) is 9.59 Å². The van der Waals surface area contributed by atoms with Crippen molar-refractivity contribution in [1.82, 2.24) is 0 Å². The van der Waals surface area contributed by atoms with E-state index in [-0.39, 0.29) is 12.8 Å². The summed E-state index contributed by atoms with van der Waals surface area (Å²) in [5.41, 5.74) is -0.440. The Morgan fingerprint density at radius 2 is 2.00 bits per heavy atom. The van der Waals surface area contributed by atoms with Gasteiger partial charge in [-0.15, -0.1) is 6.58 Å². The number of carbonyl (C=O) groups excluding carboxylic acids is 2. The van der Waals surface area contributed by atoms with Gasteiger partial charge in [0.05, 0.1) is 14.2 Å². The van der Waals surface area contributed by atoms with Crippen molar-refractivity contribution in [2.24, 2.45) is 5.41 Å². The molecule has 0 saturated heterocycles. The van der Waals surface area contributed by atoms with Gasteiger partial charge in [-0.1, -0.05) is 6.08 Å². The van der Waals surface area contributed by atoms with Crippen LogP contribution in [0.5, 0.6) is 0 Å². The second-order valence-electron chi connectivity index (χ2n) is 3.87. The molecule has 0 saturated carbocycles. The van der Waals surface area contributed by atoms with Gasteiger partial charge >= 0.3 is 11.9 Å². The van der Waals surface area contributed by atoms with Crippen LogP contribution in [0.25, 0.3) is 0 Å².